The molecule has 0 radical (unpaired) electrons. The molecule has 0 aliphatic rings. The summed E-state index contributed by atoms with van der Waals surface area (Å²) in [6.45, 7) is -0.604. The first kappa shape index (κ1) is 11.9. The molecule has 0 aliphatic carbocycles. The van der Waals surface area contributed by atoms with Crippen LogP contribution in [0.3, 0.4) is 0 Å². The van der Waals surface area contributed by atoms with Gasteiger partial charge in [0.25, 0.3) is 0 Å². The van der Waals surface area contributed by atoms with Crippen molar-refractivity contribution in [2.75, 3.05) is 26.9 Å². The highest BCUT2D eigenvalue weighted by atomic mass is 16.6. The number of rotatable bonds is 5. The van der Waals surface area contributed by atoms with Gasteiger partial charge in [-0.25, -0.2) is 0 Å². The summed E-state index contributed by atoms with van der Waals surface area (Å²) < 4.78 is 8.82. The lowest BCUT2D eigenvalue weighted by Gasteiger charge is -2.10. The van der Waals surface area contributed by atoms with Crippen molar-refractivity contribution in [1.82, 2.24) is 0 Å². The third-order valence-corrected chi connectivity index (χ3v) is 1.34. The van der Waals surface area contributed by atoms with Crippen molar-refractivity contribution < 1.29 is 24.2 Å². The van der Waals surface area contributed by atoms with Crippen LogP contribution in [0.2, 0.25) is 0 Å². The summed E-state index contributed by atoms with van der Waals surface area (Å²) in [5.41, 5.74) is 5.16. The van der Waals surface area contributed by atoms with Gasteiger partial charge in [0.2, 0.25) is 0 Å². The number of esters is 2. The van der Waals surface area contributed by atoms with Gasteiger partial charge in [0, 0.05) is 6.54 Å². The molecule has 0 aromatic rings. The van der Waals surface area contributed by atoms with E-state index in [0.29, 0.717) is 0 Å². The third-order valence-electron chi connectivity index (χ3n) is 1.34. The number of hydrogen-bond acceptors (Lipinski definition) is 6. The molecule has 0 bridgehead atoms. The normalized spacial score (nSPS) is 11.9. The van der Waals surface area contributed by atoms with E-state index in [1.165, 1.54) is 0 Å². The summed E-state index contributed by atoms with van der Waals surface area (Å²) >= 11 is 0. The summed E-state index contributed by atoms with van der Waals surface area (Å²) in [7, 11) is 1.16. The third kappa shape index (κ3) is 3.86. The Morgan fingerprint density at radius 2 is 2.08 bits per heavy atom. The minimum Gasteiger partial charge on any atom is -0.468 e. The maximum atomic E-state index is 11.0. The van der Waals surface area contributed by atoms with Crippen molar-refractivity contribution in [2.45, 2.75) is 0 Å². The molecular weight excluding hydrogens is 178 g/mol. The van der Waals surface area contributed by atoms with E-state index in [4.69, 9.17) is 10.8 Å². The van der Waals surface area contributed by atoms with Gasteiger partial charge in [-0.1, -0.05) is 0 Å². The summed E-state index contributed by atoms with van der Waals surface area (Å²) in [4.78, 5) is 21.9. The number of hydrogen-bond donors (Lipinski definition) is 2. The van der Waals surface area contributed by atoms with Gasteiger partial charge in [0.1, 0.15) is 6.61 Å². The molecule has 1 unspecified atom stereocenters. The fraction of sp³-hybridized carbons (Fsp3) is 0.714. The maximum absolute atomic E-state index is 11.0. The SMILES string of the molecule is COC(=O)C(CN)C(=O)OCCO. The van der Waals surface area contributed by atoms with Crippen LogP contribution in [-0.4, -0.2) is 43.9 Å². The Hall–Kier alpha value is -1.14. The van der Waals surface area contributed by atoms with Crippen molar-refractivity contribution in [1.29, 1.82) is 0 Å². The van der Waals surface area contributed by atoms with E-state index in [9.17, 15) is 9.59 Å². The zero-order valence-electron chi connectivity index (χ0n) is 7.36. The summed E-state index contributed by atoms with van der Waals surface area (Å²) in [6.07, 6.45) is 0. The lowest BCUT2D eigenvalue weighted by Crippen LogP contribution is -2.34. The first-order chi connectivity index (χ1) is 6.17. The summed E-state index contributed by atoms with van der Waals surface area (Å²) in [5.74, 6) is -2.61. The standard InChI is InChI=1S/C7H13NO5/c1-12-6(10)5(4-8)7(11)13-3-2-9/h5,9H,2-4,8H2,1H3. The number of carbonyl (C=O) groups excluding carboxylic acids is 2. The predicted molar refractivity (Wildman–Crippen MR) is 42.6 cm³/mol. The molecule has 0 saturated heterocycles. The molecule has 3 N–H and O–H groups in total. The number of methoxy groups -OCH3 is 1. The Morgan fingerprint density at radius 1 is 1.46 bits per heavy atom. The maximum Gasteiger partial charge on any atom is 0.321 e. The summed E-state index contributed by atoms with van der Waals surface area (Å²) in [6, 6.07) is 0. The Balaban J connectivity index is 4.07. The van der Waals surface area contributed by atoms with Crippen molar-refractivity contribution in [3.63, 3.8) is 0 Å². The monoisotopic (exact) mass is 191 g/mol. The fourth-order valence-electron chi connectivity index (χ4n) is 0.678. The van der Waals surface area contributed by atoms with E-state index in [0.717, 1.165) is 7.11 Å². The molecule has 0 fully saturated rings. The largest absolute Gasteiger partial charge is 0.468 e. The number of aliphatic hydroxyl groups is 1. The molecule has 0 rings (SSSR count). The second-order valence-corrected chi connectivity index (χ2v) is 2.20. The van der Waals surface area contributed by atoms with Crippen LogP contribution in [0.15, 0.2) is 0 Å². The molecule has 0 aromatic carbocycles. The van der Waals surface area contributed by atoms with Crippen LogP contribution in [0.25, 0.3) is 0 Å². The van der Waals surface area contributed by atoms with Crippen LogP contribution in [0.5, 0.6) is 0 Å². The second-order valence-electron chi connectivity index (χ2n) is 2.20. The fourth-order valence-corrected chi connectivity index (χ4v) is 0.678. The molecule has 0 heterocycles. The molecule has 0 spiro atoms. The highest BCUT2D eigenvalue weighted by molar-refractivity contribution is 5.95. The van der Waals surface area contributed by atoms with Gasteiger partial charge in [-0.05, 0) is 0 Å². The smallest absolute Gasteiger partial charge is 0.321 e. The van der Waals surface area contributed by atoms with E-state index >= 15 is 0 Å². The molecule has 6 nitrogen and oxygen atoms in total. The Labute approximate surface area is 75.6 Å². The van der Waals surface area contributed by atoms with Crippen molar-refractivity contribution in [3.8, 4) is 0 Å². The van der Waals surface area contributed by atoms with Gasteiger partial charge in [0.15, 0.2) is 5.92 Å². The first-order valence-corrected chi connectivity index (χ1v) is 3.72. The lowest BCUT2D eigenvalue weighted by atomic mass is 10.1. The average molecular weight is 191 g/mol. The van der Waals surface area contributed by atoms with Crippen LogP contribution in [0.1, 0.15) is 0 Å². The van der Waals surface area contributed by atoms with Gasteiger partial charge < -0.3 is 20.3 Å². The highest BCUT2D eigenvalue weighted by Gasteiger charge is 2.27. The first-order valence-electron chi connectivity index (χ1n) is 3.72. The van der Waals surface area contributed by atoms with Crippen molar-refractivity contribution >= 4 is 11.9 Å². The number of ether oxygens (including phenoxy) is 2. The van der Waals surface area contributed by atoms with Gasteiger partial charge in [-0.15, -0.1) is 0 Å². The molecule has 0 saturated carbocycles. The topological polar surface area (TPSA) is 98.9 Å². The molecule has 0 aromatic heterocycles. The van der Waals surface area contributed by atoms with E-state index in [1.807, 2.05) is 0 Å². The predicted octanol–water partition coefficient (Wildman–Crippen LogP) is -1.73. The minimum absolute atomic E-state index is 0.147. The van der Waals surface area contributed by atoms with E-state index in [1.54, 1.807) is 0 Å². The number of carbonyl (C=O) groups is 2. The second kappa shape index (κ2) is 6.38. The molecule has 1 atom stereocenters. The zero-order valence-corrected chi connectivity index (χ0v) is 7.36. The van der Waals surface area contributed by atoms with Crippen LogP contribution >= 0.6 is 0 Å². The Morgan fingerprint density at radius 3 is 2.46 bits per heavy atom. The number of aliphatic hydroxyl groups excluding tert-OH is 1. The van der Waals surface area contributed by atoms with Crippen LogP contribution in [-0.2, 0) is 19.1 Å². The van der Waals surface area contributed by atoms with Crippen LogP contribution in [0, 0.1) is 5.92 Å². The van der Waals surface area contributed by atoms with Crippen LogP contribution < -0.4 is 5.73 Å². The molecule has 76 valence electrons. The molecular formula is C7H13NO5. The minimum atomic E-state index is -1.10. The van der Waals surface area contributed by atoms with Crippen molar-refractivity contribution in [2.24, 2.45) is 11.7 Å². The van der Waals surface area contributed by atoms with Gasteiger partial charge >= 0.3 is 11.9 Å². The number of nitrogens with two attached hydrogens (primary N) is 1. The Kier molecular flexibility index (Phi) is 5.82. The molecule has 0 aliphatic heterocycles. The summed E-state index contributed by atoms with van der Waals surface area (Å²) in [5, 5.41) is 8.34. The molecule has 0 amide bonds. The van der Waals surface area contributed by atoms with Gasteiger partial charge in [0.05, 0.1) is 13.7 Å². The van der Waals surface area contributed by atoms with Gasteiger partial charge in [-0.3, -0.25) is 9.59 Å². The zero-order chi connectivity index (χ0) is 10.3. The van der Waals surface area contributed by atoms with E-state index < -0.39 is 17.9 Å². The quantitative estimate of drug-likeness (QED) is 0.395. The van der Waals surface area contributed by atoms with E-state index in [2.05, 4.69) is 9.47 Å². The average Bonchev–Trinajstić information content (AvgIpc) is 2.15. The Bertz CT molecular complexity index is 182. The lowest BCUT2D eigenvalue weighted by molar-refractivity contribution is -0.160. The van der Waals surface area contributed by atoms with Crippen molar-refractivity contribution in [3.05, 3.63) is 0 Å². The highest BCUT2D eigenvalue weighted by Crippen LogP contribution is 2.00. The van der Waals surface area contributed by atoms with E-state index in [-0.39, 0.29) is 19.8 Å². The molecule has 6 heteroatoms. The molecule has 13 heavy (non-hydrogen) atoms. The van der Waals surface area contributed by atoms with Crippen LogP contribution in [0.4, 0.5) is 0 Å². The van der Waals surface area contributed by atoms with Gasteiger partial charge in [-0.2, -0.15) is 0 Å².